The molecule has 3 aliphatic rings. The highest BCUT2D eigenvalue weighted by atomic mass is 16.1. The molecule has 2 heterocycles. The van der Waals surface area contributed by atoms with Crippen LogP contribution < -0.4 is 10.6 Å². The molecule has 3 nitrogen and oxygen atoms in total. The molecule has 0 aromatic heterocycles. The Morgan fingerprint density at radius 3 is 2.47 bits per heavy atom. The number of hydrogen-bond acceptors (Lipinski definition) is 2. The van der Waals surface area contributed by atoms with E-state index in [9.17, 15) is 4.79 Å². The van der Waals surface area contributed by atoms with E-state index in [0.29, 0.717) is 29.3 Å². The van der Waals surface area contributed by atoms with Crippen molar-refractivity contribution in [3.63, 3.8) is 0 Å². The maximum atomic E-state index is 12.1. The van der Waals surface area contributed by atoms with Gasteiger partial charge in [-0.3, -0.25) is 4.79 Å². The van der Waals surface area contributed by atoms with E-state index in [1.165, 1.54) is 51.4 Å². The third-order valence-electron chi connectivity index (χ3n) is 5.57. The Kier molecular flexibility index (Phi) is 3.84. The van der Waals surface area contributed by atoms with Gasteiger partial charge in [0, 0.05) is 25.0 Å². The number of nitrogens with one attached hydrogen (secondary N) is 2. The van der Waals surface area contributed by atoms with Crippen molar-refractivity contribution in [3.05, 3.63) is 0 Å². The lowest BCUT2D eigenvalue weighted by Crippen LogP contribution is -2.40. The maximum absolute atomic E-state index is 12.1. The van der Waals surface area contributed by atoms with Crippen LogP contribution in [0.1, 0.15) is 64.7 Å². The predicted molar refractivity (Wildman–Crippen MR) is 76.9 cm³/mol. The van der Waals surface area contributed by atoms with Crippen LogP contribution >= 0.6 is 0 Å². The lowest BCUT2D eigenvalue weighted by Gasteiger charge is -2.29. The van der Waals surface area contributed by atoms with Crippen molar-refractivity contribution in [1.29, 1.82) is 0 Å². The number of piperidine rings is 1. The number of hydrogen-bond donors (Lipinski definition) is 2. The Balaban J connectivity index is 1.41. The van der Waals surface area contributed by atoms with Crippen LogP contribution in [0.4, 0.5) is 0 Å². The maximum Gasteiger partial charge on any atom is 0.220 e. The monoisotopic (exact) mass is 264 g/mol. The fourth-order valence-corrected chi connectivity index (χ4v) is 4.39. The first kappa shape index (κ1) is 13.4. The summed E-state index contributed by atoms with van der Waals surface area (Å²) < 4.78 is 0. The summed E-state index contributed by atoms with van der Waals surface area (Å²) in [7, 11) is 0. The molecule has 2 N–H and O–H groups in total. The van der Waals surface area contributed by atoms with E-state index in [1.54, 1.807) is 0 Å². The summed E-state index contributed by atoms with van der Waals surface area (Å²) in [5.74, 6) is 0.912. The van der Waals surface area contributed by atoms with E-state index >= 15 is 0 Å². The van der Waals surface area contributed by atoms with Gasteiger partial charge in [0.25, 0.3) is 0 Å². The van der Waals surface area contributed by atoms with Gasteiger partial charge in [-0.15, -0.1) is 0 Å². The van der Waals surface area contributed by atoms with Crippen LogP contribution in [0.3, 0.4) is 0 Å². The van der Waals surface area contributed by atoms with E-state index in [1.807, 2.05) is 0 Å². The van der Waals surface area contributed by atoms with Gasteiger partial charge in [-0.1, -0.05) is 19.8 Å². The van der Waals surface area contributed by atoms with Gasteiger partial charge in [-0.05, 0) is 49.9 Å². The number of carbonyl (C=O) groups is 1. The molecule has 19 heavy (non-hydrogen) atoms. The summed E-state index contributed by atoms with van der Waals surface area (Å²) in [4.78, 5) is 12.1. The first-order valence-electron chi connectivity index (χ1n) is 8.16. The van der Waals surface area contributed by atoms with Gasteiger partial charge in [0.1, 0.15) is 0 Å². The van der Waals surface area contributed by atoms with Crippen molar-refractivity contribution < 1.29 is 4.79 Å². The van der Waals surface area contributed by atoms with Gasteiger partial charge in [0.15, 0.2) is 0 Å². The van der Waals surface area contributed by atoms with E-state index in [4.69, 9.17) is 0 Å². The standard InChI is InChI=1S/C16H28N2O/c1-16(6-2-3-7-16)11-17-15(19)10-12-8-13-4-5-14(9-12)18-13/h12-14,18H,2-11H2,1H3,(H,17,19). The van der Waals surface area contributed by atoms with Crippen molar-refractivity contribution in [2.45, 2.75) is 76.8 Å². The SMILES string of the molecule is CC1(CNC(=O)CC2CC3CCC(C2)N3)CCCC1. The molecule has 2 saturated heterocycles. The molecule has 3 rings (SSSR count). The quantitative estimate of drug-likeness (QED) is 0.819. The molecule has 1 saturated carbocycles. The third kappa shape index (κ3) is 3.31. The smallest absolute Gasteiger partial charge is 0.220 e. The van der Waals surface area contributed by atoms with Crippen LogP contribution in [0.15, 0.2) is 0 Å². The van der Waals surface area contributed by atoms with Crippen molar-refractivity contribution >= 4 is 5.91 Å². The minimum Gasteiger partial charge on any atom is -0.356 e. The summed E-state index contributed by atoms with van der Waals surface area (Å²) in [5, 5.41) is 6.85. The van der Waals surface area contributed by atoms with Gasteiger partial charge in [-0.2, -0.15) is 0 Å². The third-order valence-corrected chi connectivity index (χ3v) is 5.57. The van der Waals surface area contributed by atoms with Crippen LogP contribution in [-0.4, -0.2) is 24.5 Å². The minimum atomic E-state index is 0.291. The predicted octanol–water partition coefficient (Wildman–Crippen LogP) is 2.60. The van der Waals surface area contributed by atoms with Crippen molar-refractivity contribution in [1.82, 2.24) is 10.6 Å². The zero-order valence-electron chi connectivity index (χ0n) is 12.2. The highest BCUT2D eigenvalue weighted by Crippen LogP contribution is 2.37. The van der Waals surface area contributed by atoms with E-state index in [-0.39, 0.29) is 0 Å². The Morgan fingerprint density at radius 1 is 1.21 bits per heavy atom. The molecule has 0 spiro atoms. The highest BCUT2D eigenvalue weighted by molar-refractivity contribution is 5.76. The second kappa shape index (κ2) is 5.43. The van der Waals surface area contributed by atoms with Crippen LogP contribution in [0.5, 0.6) is 0 Å². The largest absolute Gasteiger partial charge is 0.356 e. The Bertz CT molecular complexity index is 324. The second-order valence-corrected chi connectivity index (χ2v) is 7.47. The molecule has 1 amide bonds. The minimum absolute atomic E-state index is 0.291. The van der Waals surface area contributed by atoms with E-state index in [0.717, 1.165) is 13.0 Å². The van der Waals surface area contributed by atoms with Gasteiger partial charge in [0.2, 0.25) is 5.91 Å². The number of rotatable bonds is 4. The second-order valence-electron chi connectivity index (χ2n) is 7.47. The molecule has 2 bridgehead atoms. The van der Waals surface area contributed by atoms with Gasteiger partial charge in [-0.25, -0.2) is 0 Å². The van der Waals surface area contributed by atoms with Crippen molar-refractivity contribution in [2.24, 2.45) is 11.3 Å². The molecular formula is C16H28N2O. The van der Waals surface area contributed by atoms with Gasteiger partial charge in [0.05, 0.1) is 0 Å². The Morgan fingerprint density at radius 2 is 1.84 bits per heavy atom. The molecule has 3 fully saturated rings. The first-order chi connectivity index (χ1) is 9.13. The molecular weight excluding hydrogens is 236 g/mol. The zero-order chi connectivity index (χ0) is 13.3. The fourth-order valence-electron chi connectivity index (χ4n) is 4.39. The van der Waals surface area contributed by atoms with Crippen LogP contribution in [0, 0.1) is 11.3 Å². The first-order valence-corrected chi connectivity index (χ1v) is 8.16. The molecule has 1 aliphatic carbocycles. The molecule has 0 aromatic rings. The van der Waals surface area contributed by atoms with Crippen LogP contribution in [0.25, 0.3) is 0 Å². The fraction of sp³-hybridized carbons (Fsp3) is 0.938. The molecule has 2 aliphatic heterocycles. The van der Waals surface area contributed by atoms with Crippen LogP contribution in [-0.2, 0) is 4.79 Å². The topological polar surface area (TPSA) is 41.1 Å². The summed E-state index contributed by atoms with van der Waals surface area (Å²) in [6.45, 7) is 3.22. The van der Waals surface area contributed by atoms with Gasteiger partial charge < -0.3 is 10.6 Å². The number of amides is 1. The normalized spacial score (nSPS) is 36.4. The summed E-state index contributed by atoms with van der Waals surface area (Å²) in [6.07, 6.45) is 11.1. The highest BCUT2D eigenvalue weighted by Gasteiger charge is 2.34. The van der Waals surface area contributed by atoms with E-state index in [2.05, 4.69) is 17.6 Å². The molecule has 2 atom stereocenters. The summed E-state index contributed by atoms with van der Waals surface area (Å²) >= 11 is 0. The lowest BCUT2D eigenvalue weighted by atomic mass is 9.87. The molecule has 0 radical (unpaired) electrons. The molecule has 2 unspecified atom stereocenters. The van der Waals surface area contributed by atoms with E-state index < -0.39 is 0 Å². The zero-order valence-corrected chi connectivity index (χ0v) is 12.2. The Labute approximate surface area is 116 Å². The summed E-state index contributed by atoms with van der Waals surface area (Å²) in [5.41, 5.74) is 0.378. The summed E-state index contributed by atoms with van der Waals surface area (Å²) in [6, 6.07) is 1.40. The van der Waals surface area contributed by atoms with Crippen molar-refractivity contribution in [3.8, 4) is 0 Å². The average molecular weight is 264 g/mol. The average Bonchev–Trinajstić information content (AvgIpc) is 2.95. The number of fused-ring (bicyclic) bond motifs is 2. The van der Waals surface area contributed by atoms with Crippen LogP contribution in [0.2, 0.25) is 0 Å². The molecule has 3 heteroatoms. The molecule has 108 valence electrons. The molecule has 0 aromatic carbocycles. The number of carbonyl (C=O) groups excluding carboxylic acids is 1. The Hall–Kier alpha value is -0.570. The van der Waals surface area contributed by atoms with Crippen molar-refractivity contribution in [2.75, 3.05) is 6.54 Å². The van der Waals surface area contributed by atoms with Gasteiger partial charge >= 0.3 is 0 Å². The lowest BCUT2D eigenvalue weighted by molar-refractivity contribution is -0.122.